The summed E-state index contributed by atoms with van der Waals surface area (Å²) in [5, 5.41) is 1.76. The highest BCUT2D eigenvalue weighted by Crippen LogP contribution is 2.28. The Morgan fingerprint density at radius 3 is 2.56 bits per heavy atom. The number of benzene rings is 3. The average Bonchev–Trinajstić information content (AvgIpc) is 3.29. The topological polar surface area (TPSA) is 74.4 Å². The van der Waals surface area contributed by atoms with Gasteiger partial charge in [-0.2, -0.15) is 0 Å². The number of nitrogens with one attached hydrogen (secondary N) is 2. The van der Waals surface area contributed by atoms with Crippen molar-refractivity contribution in [2.75, 3.05) is 24.5 Å². The number of rotatable bonds is 9. The van der Waals surface area contributed by atoms with Crippen LogP contribution in [0, 0.1) is 0 Å². The Morgan fingerprint density at radius 2 is 1.75 bits per heavy atom. The molecule has 1 aliphatic rings. The fourth-order valence-electron chi connectivity index (χ4n) is 4.64. The maximum atomic E-state index is 12.8. The van der Waals surface area contributed by atoms with Crippen LogP contribution in [0.2, 0.25) is 5.02 Å². The predicted octanol–water partition coefficient (Wildman–Crippen LogP) is 6.52. The zero-order valence-corrected chi connectivity index (χ0v) is 21.6. The second-order valence-electron chi connectivity index (χ2n) is 9.12. The molecule has 6 nitrogen and oxygen atoms in total. The predicted molar refractivity (Wildman–Crippen MR) is 146 cm³/mol. The van der Waals surface area contributed by atoms with Crippen molar-refractivity contribution in [3.63, 3.8) is 0 Å². The van der Waals surface area contributed by atoms with Crippen LogP contribution in [0.25, 0.3) is 10.9 Å². The van der Waals surface area contributed by atoms with Gasteiger partial charge in [0, 0.05) is 53.5 Å². The summed E-state index contributed by atoms with van der Waals surface area (Å²) >= 11 is 6.12. The van der Waals surface area contributed by atoms with E-state index in [2.05, 4.69) is 20.7 Å². The van der Waals surface area contributed by atoms with E-state index in [-0.39, 0.29) is 4.90 Å². The number of aromatic amines is 1. The molecule has 5 rings (SSSR count). The van der Waals surface area contributed by atoms with Gasteiger partial charge in [0.15, 0.2) is 0 Å². The zero-order chi connectivity index (χ0) is 25.0. The van der Waals surface area contributed by atoms with Crippen molar-refractivity contribution >= 4 is 38.2 Å². The van der Waals surface area contributed by atoms with Gasteiger partial charge in [0.25, 0.3) is 0 Å². The van der Waals surface area contributed by atoms with E-state index in [0.29, 0.717) is 23.7 Å². The minimum Gasteiger partial charge on any atom is -0.457 e. The molecule has 8 heteroatoms. The largest absolute Gasteiger partial charge is 0.457 e. The van der Waals surface area contributed by atoms with Crippen LogP contribution in [0.4, 0.5) is 5.69 Å². The number of fused-ring (bicyclic) bond motifs is 1. The van der Waals surface area contributed by atoms with Crippen LogP contribution in [0.3, 0.4) is 0 Å². The minimum absolute atomic E-state index is 0.218. The van der Waals surface area contributed by atoms with Gasteiger partial charge in [-0.15, -0.1) is 0 Å². The Labute approximate surface area is 217 Å². The van der Waals surface area contributed by atoms with Crippen molar-refractivity contribution in [2.24, 2.45) is 0 Å². The summed E-state index contributed by atoms with van der Waals surface area (Å²) in [5.74, 6) is 1.34. The molecule has 3 aromatic carbocycles. The Balaban J connectivity index is 1.16. The van der Waals surface area contributed by atoms with Crippen molar-refractivity contribution in [3.8, 4) is 11.5 Å². The van der Waals surface area contributed by atoms with E-state index in [1.807, 2.05) is 42.6 Å². The monoisotopic (exact) mass is 523 g/mol. The fraction of sp³-hybridized carbons (Fsp3) is 0.286. The van der Waals surface area contributed by atoms with Crippen molar-refractivity contribution in [3.05, 3.63) is 83.5 Å². The summed E-state index contributed by atoms with van der Waals surface area (Å²) in [4.78, 5) is 5.83. The van der Waals surface area contributed by atoms with Crippen molar-refractivity contribution in [2.45, 2.75) is 37.0 Å². The Kier molecular flexibility index (Phi) is 7.51. The Bertz CT molecular complexity index is 1430. The third-order valence-corrected chi connectivity index (χ3v) is 8.27. The van der Waals surface area contributed by atoms with Gasteiger partial charge < -0.3 is 14.6 Å². The third-order valence-electron chi connectivity index (χ3n) is 6.55. The first-order chi connectivity index (χ1) is 17.5. The van der Waals surface area contributed by atoms with Gasteiger partial charge in [0.2, 0.25) is 10.0 Å². The first-order valence-electron chi connectivity index (χ1n) is 12.4. The van der Waals surface area contributed by atoms with E-state index in [9.17, 15) is 8.42 Å². The third kappa shape index (κ3) is 5.86. The van der Waals surface area contributed by atoms with Gasteiger partial charge in [-0.1, -0.05) is 17.7 Å². The van der Waals surface area contributed by atoms with Gasteiger partial charge in [0.05, 0.1) is 4.90 Å². The molecule has 0 atom stereocenters. The molecule has 0 saturated carbocycles. The number of anilines is 1. The first-order valence-corrected chi connectivity index (χ1v) is 14.2. The van der Waals surface area contributed by atoms with E-state index < -0.39 is 10.0 Å². The molecule has 4 aromatic rings. The maximum Gasteiger partial charge on any atom is 0.240 e. The molecule has 1 aliphatic heterocycles. The molecule has 0 aliphatic carbocycles. The lowest BCUT2D eigenvalue weighted by Gasteiger charge is -2.29. The summed E-state index contributed by atoms with van der Waals surface area (Å²) in [7, 11) is -3.60. The molecule has 0 amide bonds. The molecule has 188 valence electrons. The molecule has 0 unspecified atom stereocenters. The molecule has 0 radical (unpaired) electrons. The smallest absolute Gasteiger partial charge is 0.240 e. The van der Waals surface area contributed by atoms with Crippen LogP contribution in [-0.2, 0) is 16.4 Å². The molecule has 0 bridgehead atoms. The lowest BCUT2D eigenvalue weighted by molar-refractivity contribution is 0.481. The van der Waals surface area contributed by atoms with Gasteiger partial charge in [-0.25, -0.2) is 13.1 Å². The van der Waals surface area contributed by atoms with Crippen LogP contribution in [0.5, 0.6) is 11.5 Å². The number of hydrogen-bond acceptors (Lipinski definition) is 4. The highest BCUT2D eigenvalue weighted by Gasteiger charge is 2.15. The van der Waals surface area contributed by atoms with Crippen molar-refractivity contribution in [1.82, 2.24) is 9.71 Å². The van der Waals surface area contributed by atoms with E-state index in [4.69, 9.17) is 16.3 Å². The van der Waals surface area contributed by atoms with Crippen LogP contribution in [-0.4, -0.2) is 33.0 Å². The molecule has 2 heterocycles. The standard InChI is InChI=1S/C28H30ClN3O3S/c29-22-9-14-28-27(18-22)21(20-30-28)6-5-15-31-36(33,34)26-12-10-24(11-13-26)35-25-8-4-7-23(19-25)32-16-2-1-3-17-32/h4,7-14,18-20,30-31H,1-3,5-6,15-17H2. The van der Waals surface area contributed by atoms with Crippen LogP contribution in [0.15, 0.2) is 77.8 Å². The molecular weight excluding hydrogens is 494 g/mol. The molecular formula is C28H30ClN3O3S. The number of halogens is 1. The zero-order valence-electron chi connectivity index (χ0n) is 20.0. The van der Waals surface area contributed by atoms with Crippen molar-refractivity contribution < 1.29 is 13.2 Å². The van der Waals surface area contributed by atoms with Gasteiger partial charge in [-0.05, 0) is 92.3 Å². The quantitative estimate of drug-likeness (QED) is 0.245. The number of nitrogens with zero attached hydrogens (tertiary/aromatic N) is 1. The summed E-state index contributed by atoms with van der Waals surface area (Å²) in [5.41, 5.74) is 3.30. The molecule has 2 N–H and O–H groups in total. The summed E-state index contributed by atoms with van der Waals surface area (Å²) in [6, 6.07) is 20.3. The second-order valence-corrected chi connectivity index (χ2v) is 11.3. The highest BCUT2D eigenvalue weighted by atomic mass is 35.5. The first kappa shape index (κ1) is 24.7. The number of aryl methyl sites for hydroxylation is 1. The Hall–Kier alpha value is -3.00. The molecule has 36 heavy (non-hydrogen) atoms. The molecule has 1 fully saturated rings. The Morgan fingerprint density at radius 1 is 0.944 bits per heavy atom. The normalized spacial score (nSPS) is 14.3. The van der Waals surface area contributed by atoms with Gasteiger partial charge in [-0.3, -0.25) is 0 Å². The van der Waals surface area contributed by atoms with Crippen LogP contribution in [0.1, 0.15) is 31.2 Å². The summed E-state index contributed by atoms with van der Waals surface area (Å²) in [6.07, 6.45) is 7.09. The SMILES string of the molecule is O=S(=O)(NCCCc1c[nH]c2ccc(Cl)cc12)c1ccc(Oc2cccc(N3CCCCC3)c2)cc1. The van der Waals surface area contributed by atoms with Crippen LogP contribution >= 0.6 is 11.6 Å². The van der Waals surface area contributed by atoms with Gasteiger partial charge in [0.1, 0.15) is 11.5 Å². The van der Waals surface area contributed by atoms with E-state index in [1.54, 1.807) is 24.3 Å². The highest BCUT2D eigenvalue weighted by molar-refractivity contribution is 7.89. The van der Waals surface area contributed by atoms with E-state index in [0.717, 1.165) is 47.4 Å². The number of sulfonamides is 1. The lowest BCUT2D eigenvalue weighted by Crippen LogP contribution is -2.29. The number of H-pyrrole nitrogens is 1. The number of piperidine rings is 1. The second kappa shape index (κ2) is 10.9. The molecule has 0 spiro atoms. The minimum atomic E-state index is -3.60. The molecule has 1 saturated heterocycles. The fourth-order valence-corrected chi connectivity index (χ4v) is 5.89. The summed E-state index contributed by atoms with van der Waals surface area (Å²) in [6.45, 7) is 2.48. The summed E-state index contributed by atoms with van der Waals surface area (Å²) < 4.78 is 34.2. The maximum absolute atomic E-state index is 12.8. The van der Waals surface area contributed by atoms with Gasteiger partial charge >= 0.3 is 0 Å². The number of hydrogen-bond donors (Lipinski definition) is 2. The van der Waals surface area contributed by atoms with E-state index >= 15 is 0 Å². The number of ether oxygens (including phenoxy) is 1. The van der Waals surface area contributed by atoms with Crippen molar-refractivity contribution in [1.29, 1.82) is 0 Å². The number of aromatic nitrogens is 1. The lowest BCUT2D eigenvalue weighted by atomic mass is 10.1. The average molecular weight is 524 g/mol. The van der Waals surface area contributed by atoms with Crippen LogP contribution < -0.4 is 14.4 Å². The van der Waals surface area contributed by atoms with E-state index in [1.165, 1.54) is 19.3 Å². The molecule has 1 aromatic heterocycles.